The predicted octanol–water partition coefficient (Wildman–Crippen LogP) is 6.11. The Morgan fingerprint density at radius 1 is 0.660 bits per heavy atom. The van der Waals surface area contributed by atoms with Gasteiger partial charge in [-0.25, -0.2) is 0 Å². The van der Waals surface area contributed by atoms with Crippen LogP contribution in [0.3, 0.4) is 0 Å². The fraction of sp³-hybridized carbons (Fsp3) is 0.556. The van der Waals surface area contributed by atoms with Gasteiger partial charge in [-0.1, -0.05) is 48.2 Å². The van der Waals surface area contributed by atoms with E-state index < -0.39 is 5.97 Å². The highest BCUT2D eigenvalue weighted by molar-refractivity contribution is 6.31. The summed E-state index contributed by atoms with van der Waals surface area (Å²) >= 11 is 12.0. The zero-order valence-corrected chi connectivity index (χ0v) is 28.7. The summed E-state index contributed by atoms with van der Waals surface area (Å²) in [5, 5.41) is 13.2. The highest BCUT2D eigenvalue weighted by Crippen LogP contribution is 2.29. The zero-order chi connectivity index (χ0) is 33.6. The van der Waals surface area contributed by atoms with Gasteiger partial charge in [-0.05, 0) is 62.1 Å². The number of carbonyl (C=O) groups is 4. The van der Waals surface area contributed by atoms with E-state index in [2.05, 4.69) is 21.2 Å². The molecule has 6 rings (SSSR count). The molecule has 2 saturated heterocycles. The molecule has 2 N–H and O–H groups in total. The van der Waals surface area contributed by atoms with E-state index >= 15 is 0 Å². The average Bonchev–Trinajstić information content (AvgIpc) is 3.02. The number of carboxylic acids is 1. The Kier molecular flexibility index (Phi) is 14.8. The second-order valence-electron chi connectivity index (χ2n) is 12.6. The Labute approximate surface area is 288 Å². The number of carbonyl (C=O) groups excluding carboxylic acids is 3. The Bertz CT molecular complexity index is 1340. The van der Waals surface area contributed by atoms with Gasteiger partial charge in [0.1, 0.15) is 11.6 Å². The maximum absolute atomic E-state index is 12.3. The van der Waals surface area contributed by atoms with Crippen LogP contribution in [0.15, 0.2) is 48.5 Å². The average molecular weight is 688 g/mol. The summed E-state index contributed by atoms with van der Waals surface area (Å²) in [5.41, 5.74) is 2.33. The van der Waals surface area contributed by atoms with E-state index in [0.717, 1.165) is 93.5 Å². The standard InChI is InChI=1S/C18H23ClN2O2.C10H13ClN2.C8H12O3/c19-15-5-2-6-16(13-15)20-9-11-21(12-10-20)18(23)8-7-17(22)14-3-1-4-14;11-9-2-1-3-10(8-9)13-6-4-12-5-7-13;9-7(4-5-8(10)11)6-2-1-3-6/h2,5-6,13-14H,1,3-4,7-12H2;1-3,8,12H,4-7H2;6H,1-5H2,(H,10,11). The minimum Gasteiger partial charge on any atom is -0.481 e. The molecular weight excluding hydrogens is 639 g/mol. The van der Waals surface area contributed by atoms with Crippen molar-refractivity contribution in [1.29, 1.82) is 0 Å². The molecule has 0 bridgehead atoms. The van der Waals surface area contributed by atoms with Crippen LogP contribution in [0.2, 0.25) is 10.0 Å². The highest BCUT2D eigenvalue weighted by atomic mass is 35.5. The molecular formula is C36H48Cl2N4O5. The topological polar surface area (TPSA) is 110 Å². The number of hydrogen-bond acceptors (Lipinski definition) is 7. The van der Waals surface area contributed by atoms with Crippen LogP contribution < -0.4 is 15.1 Å². The smallest absolute Gasteiger partial charge is 0.303 e. The van der Waals surface area contributed by atoms with Gasteiger partial charge in [-0.3, -0.25) is 19.2 Å². The number of nitrogens with zero attached hydrogens (tertiary/aromatic N) is 3. The molecule has 0 aromatic heterocycles. The number of amides is 1. The van der Waals surface area contributed by atoms with Crippen LogP contribution in [0.25, 0.3) is 0 Å². The van der Waals surface area contributed by atoms with E-state index in [9.17, 15) is 19.2 Å². The second-order valence-corrected chi connectivity index (χ2v) is 13.5. The van der Waals surface area contributed by atoms with Gasteiger partial charge in [-0.2, -0.15) is 0 Å². The fourth-order valence-corrected chi connectivity index (χ4v) is 6.34. The third-order valence-electron chi connectivity index (χ3n) is 9.39. The monoisotopic (exact) mass is 686 g/mol. The maximum Gasteiger partial charge on any atom is 0.303 e. The molecule has 2 aliphatic heterocycles. The second kappa shape index (κ2) is 19.0. The van der Waals surface area contributed by atoms with E-state index in [4.69, 9.17) is 28.3 Å². The first kappa shape index (κ1) is 36.7. The predicted molar refractivity (Wildman–Crippen MR) is 188 cm³/mol. The lowest BCUT2D eigenvalue weighted by Crippen LogP contribution is -2.48. The number of carboxylic acid groups (broad SMARTS) is 1. The Hall–Kier alpha value is -3.14. The minimum absolute atomic E-state index is 0.00463. The van der Waals surface area contributed by atoms with Crippen LogP contribution in [-0.4, -0.2) is 85.8 Å². The Morgan fingerprint density at radius 3 is 1.55 bits per heavy atom. The van der Waals surface area contributed by atoms with Gasteiger partial charge >= 0.3 is 5.97 Å². The number of halogens is 2. The van der Waals surface area contributed by atoms with E-state index in [1.165, 1.54) is 5.69 Å². The van der Waals surface area contributed by atoms with Gasteiger partial charge in [0, 0.05) is 105 Å². The molecule has 1 amide bonds. The van der Waals surface area contributed by atoms with Crippen LogP contribution in [0.4, 0.5) is 11.4 Å². The van der Waals surface area contributed by atoms with E-state index in [1.807, 2.05) is 47.4 Å². The van der Waals surface area contributed by atoms with E-state index in [-0.39, 0.29) is 42.2 Å². The number of aliphatic carboxylic acids is 1. The molecule has 11 heteroatoms. The summed E-state index contributed by atoms with van der Waals surface area (Å²) in [4.78, 5) is 51.8. The van der Waals surface area contributed by atoms with Crippen molar-refractivity contribution in [2.24, 2.45) is 11.8 Å². The van der Waals surface area contributed by atoms with Crippen molar-refractivity contribution in [1.82, 2.24) is 10.2 Å². The van der Waals surface area contributed by atoms with E-state index in [0.29, 0.717) is 25.9 Å². The van der Waals surface area contributed by atoms with Crippen LogP contribution in [0.1, 0.15) is 64.2 Å². The molecule has 0 radical (unpaired) electrons. The minimum atomic E-state index is -0.877. The number of benzene rings is 2. The largest absolute Gasteiger partial charge is 0.481 e. The molecule has 4 aliphatic rings. The summed E-state index contributed by atoms with van der Waals surface area (Å²) in [6, 6.07) is 15.8. The maximum atomic E-state index is 12.3. The molecule has 2 aliphatic carbocycles. The summed E-state index contributed by atoms with van der Waals surface area (Å²) in [7, 11) is 0. The van der Waals surface area contributed by atoms with Gasteiger partial charge in [-0.15, -0.1) is 0 Å². The number of anilines is 2. The third kappa shape index (κ3) is 12.1. The summed E-state index contributed by atoms with van der Waals surface area (Å²) in [6.45, 7) is 7.30. The third-order valence-corrected chi connectivity index (χ3v) is 9.86. The first-order valence-electron chi connectivity index (χ1n) is 17.0. The molecule has 2 heterocycles. The molecule has 0 unspecified atom stereocenters. The number of ketones is 2. The van der Waals surface area contributed by atoms with Gasteiger partial charge in [0.2, 0.25) is 5.91 Å². The molecule has 47 heavy (non-hydrogen) atoms. The Balaban J connectivity index is 0.000000176. The van der Waals surface area contributed by atoms with Crippen molar-refractivity contribution in [2.45, 2.75) is 64.2 Å². The lowest BCUT2D eigenvalue weighted by atomic mass is 9.81. The van der Waals surface area contributed by atoms with Crippen LogP contribution >= 0.6 is 23.2 Å². The van der Waals surface area contributed by atoms with Crippen molar-refractivity contribution in [3.8, 4) is 0 Å². The van der Waals surface area contributed by atoms with Gasteiger partial charge in [0.15, 0.2) is 0 Å². The lowest BCUT2D eigenvalue weighted by Gasteiger charge is -2.36. The van der Waals surface area contributed by atoms with Gasteiger partial charge in [0.25, 0.3) is 0 Å². The molecule has 2 saturated carbocycles. The summed E-state index contributed by atoms with van der Waals surface area (Å²) < 4.78 is 0. The molecule has 0 atom stereocenters. The lowest BCUT2D eigenvalue weighted by molar-refractivity contribution is -0.139. The number of Topliss-reactive ketones (excluding diaryl/α,β-unsaturated/α-hetero) is 2. The quantitative estimate of drug-likeness (QED) is 0.308. The molecule has 4 fully saturated rings. The summed E-state index contributed by atoms with van der Waals surface area (Å²) in [5.74, 6) is 0.0822. The number of piperazine rings is 2. The van der Waals surface area contributed by atoms with Crippen molar-refractivity contribution >= 4 is 58.0 Å². The van der Waals surface area contributed by atoms with Gasteiger partial charge < -0.3 is 25.1 Å². The molecule has 0 spiro atoms. The number of hydrogen-bond donors (Lipinski definition) is 2. The van der Waals surface area contributed by atoms with Crippen molar-refractivity contribution < 1.29 is 24.3 Å². The summed E-state index contributed by atoms with van der Waals surface area (Å²) in [6.07, 6.45) is 7.27. The fourth-order valence-electron chi connectivity index (χ4n) is 5.97. The van der Waals surface area contributed by atoms with Crippen molar-refractivity contribution in [3.05, 3.63) is 58.6 Å². The Morgan fingerprint density at radius 2 is 1.13 bits per heavy atom. The van der Waals surface area contributed by atoms with Gasteiger partial charge in [0.05, 0.1) is 6.42 Å². The first-order chi connectivity index (χ1) is 22.7. The van der Waals surface area contributed by atoms with Crippen LogP contribution in [-0.2, 0) is 19.2 Å². The van der Waals surface area contributed by atoms with Crippen molar-refractivity contribution in [3.63, 3.8) is 0 Å². The SMILES string of the molecule is Clc1cccc(N2CCNCC2)c1.O=C(CCC(=O)N1CCN(c2cccc(Cl)c2)CC1)C1CCC1.O=C(O)CCC(=O)C1CCC1. The number of rotatable bonds is 10. The highest BCUT2D eigenvalue weighted by Gasteiger charge is 2.27. The molecule has 2 aromatic carbocycles. The van der Waals surface area contributed by atoms with Crippen molar-refractivity contribution in [2.75, 3.05) is 62.2 Å². The molecule has 9 nitrogen and oxygen atoms in total. The molecule has 2 aromatic rings. The normalized spacial score (nSPS) is 18.0. The van der Waals surface area contributed by atoms with Crippen LogP contribution in [0, 0.1) is 11.8 Å². The first-order valence-corrected chi connectivity index (χ1v) is 17.7. The number of nitrogens with one attached hydrogen (secondary N) is 1. The van der Waals surface area contributed by atoms with Crippen LogP contribution in [0.5, 0.6) is 0 Å². The molecule has 256 valence electrons. The van der Waals surface area contributed by atoms with E-state index in [1.54, 1.807) is 0 Å². The zero-order valence-electron chi connectivity index (χ0n) is 27.2.